The molecule has 3 N–H and O–H groups in total. The summed E-state index contributed by atoms with van der Waals surface area (Å²) in [6.07, 6.45) is 0.874. The second-order valence-electron chi connectivity index (χ2n) is 6.40. The van der Waals surface area contributed by atoms with Crippen molar-refractivity contribution in [2.24, 2.45) is 4.99 Å². The molecule has 1 heterocycles. The van der Waals surface area contributed by atoms with E-state index >= 15 is 0 Å². The molecule has 0 saturated heterocycles. The van der Waals surface area contributed by atoms with Crippen molar-refractivity contribution in [3.63, 3.8) is 0 Å². The quantitative estimate of drug-likeness (QED) is 0.188. The van der Waals surface area contributed by atoms with Crippen molar-refractivity contribution in [3.05, 3.63) is 47.8 Å². The van der Waals surface area contributed by atoms with Crippen LogP contribution in [0.3, 0.4) is 0 Å². The summed E-state index contributed by atoms with van der Waals surface area (Å²) in [4.78, 5) is 4.80. The van der Waals surface area contributed by atoms with E-state index in [1.54, 1.807) is 30.3 Å². The average molecular weight is 534 g/mol. The molecule has 0 radical (unpaired) electrons. The Labute approximate surface area is 190 Å². The normalized spacial score (nSPS) is 11.8. The Bertz CT molecular complexity index is 868. The molecule has 0 aliphatic rings. The third-order valence-corrected chi connectivity index (χ3v) is 5.49. The van der Waals surface area contributed by atoms with Gasteiger partial charge in [-0.2, -0.15) is 5.10 Å². The second kappa shape index (κ2) is 12.8. The number of halogens is 1. The third kappa shape index (κ3) is 8.70. The van der Waals surface area contributed by atoms with Crippen LogP contribution in [0.1, 0.15) is 24.7 Å². The molecule has 1 aromatic heterocycles. The lowest BCUT2D eigenvalue weighted by atomic mass is 10.4. The fraction of sp³-hybridized carbons (Fsp3) is 0.474. The van der Waals surface area contributed by atoms with Crippen molar-refractivity contribution in [1.82, 2.24) is 25.1 Å². The van der Waals surface area contributed by atoms with E-state index in [0.29, 0.717) is 19.0 Å². The van der Waals surface area contributed by atoms with Crippen molar-refractivity contribution >= 4 is 40.0 Å². The summed E-state index contributed by atoms with van der Waals surface area (Å²) in [7, 11) is -3.48. The van der Waals surface area contributed by atoms with E-state index < -0.39 is 10.0 Å². The van der Waals surface area contributed by atoms with Crippen molar-refractivity contribution in [1.29, 1.82) is 0 Å². The molecule has 162 valence electrons. The molecule has 0 saturated carbocycles. The first-order valence-electron chi connectivity index (χ1n) is 9.50. The van der Waals surface area contributed by atoms with Gasteiger partial charge in [0.2, 0.25) is 10.0 Å². The van der Waals surface area contributed by atoms with E-state index in [1.807, 2.05) is 25.5 Å². The number of guanidine groups is 1. The van der Waals surface area contributed by atoms with E-state index in [1.165, 1.54) is 0 Å². The molecule has 0 aliphatic heterocycles. The van der Waals surface area contributed by atoms with Gasteiger partial charge in [-0.3, -0.25) is 9.67 Å². The lowest BCUT2D eigenvalue weighted by Gasteiger charge is -2.12. The maximum atomic E-state index is 12.2. The molecule has 0 amide bonds. The van der Waals surface area contributed by atoms with Crippen LogP contribution in [0.5, 0.6) is 0 Å². The van der Waals surface area contributed by atoms with E-state index in [0.717, 1.165) is 30.9 Å². The van der Waals surface area contributed by atoms with Crippen LogP contribution in [-0.4, -0.2) is 50.3 Å². The Morgan fingerprint density at radius 2 is 1.86 bits per heavy atom. The van der Waals surface area contributed by atoms with E-state index in [-0.39, 0.29) is 35.4 Å². The number of hydrogen-bond acceptors (Lipinski definition) is 4. The summed E-state index contributed by atoms with van der Waals surface area (Å²) in [5.41, 5.74) is 2.17. The summed E-state index contributed by atoms with van der Waals surface area (Å²) < 4.78 is 28.9. The highest BCUT2D eigenvalue weighted by Crippen LogP contribution is 2.06. The first-order chi connectivity index (χ1) is 13.4. The summed E-state index contributed by atoms with van der Waals surface area (Å²) >= 11 is 0. The number of aryl methyl sites for hydroxylation is 3. The van der Waals surface area contributed by atoms with Crippen LogP contribution in [0.25, 0.3) is 0 Å². The molecular weight excluding hydrogens is 503 g/mol. The zero-order valence-electron chi connectivity index (χ0n) is 17.2. The number of nitrogens with zero attached hydrogens (tertiary/aromatic N) is 3. The largest absolute Gasteiger partial charge is 0.357 e. The Balaban J connectivity index is 0.00000420. The van der Waals surface area contributed by atoms with Gasteiger partial charge in [0.05, 0.1) is 10.6 Å². The lowest BCUT2D eigenvalue weighted by Crippen LogP contribution is -2.41. The van der Waals surface area contributed by atoms with Gasteiger partial charge in [0, 0.05) is 38.4 Å². The molecule has 0 fully saturated rings. The van der Waals surface area contributed by atoms with Gasteiger partial charge in [0.15, 0.2) is 5.96 Å². The Morgan fingerprint density at radius 1 is 1.14 bits per heavy atom. The smallest absolute Gasteiger partial charge is 0.240 e. The number of aliphatic imine (C=N–C) groups is 1. The Kier molecular flexibility index (Phi) is 11.2. The molecule has 0 aliphatic carbocycles. The van der Waals surface area contributed by atoms with E-state index in [9.17, 15) is 8.42 Å². The number of aromatic nitrogens is 2. The molecule has 0 unspecified atom stereocenters. The molecule has 2 rings (SSSR count). The average Bonchev–Trinajstić information content (AvgIpc) is 3.00. The predicted molar refractivity (Wildman–Crippen MR) is 127 cm³/mol. The molecule has 0 bridgehead atoms. The second-order valence-corrected chi connectivity index (χ2v) is 8.17. The summed E-state index contributed by atoms with van der Waals surface area (Å²) in [5, 5.41) is 10.8. The molecule has 1 aromatic carbocycles. The maximum Gasteiger partial charge on any atom is 0.240 e. The van der Waals surface area contributed by atoms with E-state index in [4.69, 9.17) is 0 Å². The van der Waals surface area contributed by atoms with Gasteiger partial charge in [-0.25, -0.2) is 13.1 Å². The predicted octanol–water partition coefficient (Wildman–Crippen LogP) is 2.04. The summed E-state index contributed by atoms with van der Waals surface area (Å²) in [6.45, 7) is 8.95. The molecule has 2 aromatic rings. The third-order valence-electron chi connectivity index (χ3n) is 4.01. The standard InChI is InChI=1S/C19H30N6O2S.HI/c1-4-20-19(21-11-8-14-25-17(3)15-16(2)24-25)22-12-13-23-28(26,27)18-9-6-5-7-10-18;/h5-7,9-10,15,23H,4,8,11-14H2,1-3H3,(H2,20,21,22);1H. The highest BCUT2D eigenvalue weighted by molar-refractivity contribution is 14.0. The summed E-state index contributed by atoms with van der Waals surface area (Å²) in [6, 6.07) is 10.4. The van der Waals surface area contributed by atoms with Gasteiger partial charge >= 0.3 is 0 Å². The highest BCUT2D eigenvalue weighted by atomic mass is 127. The van der Waals surface area contributed by atoms with Crippen molar-refractivity contribution < 1.29 is 8.42 Å². The first-order valence-corrected chi connectivity index (χ1v) is 11.0. The van der Waals surface area contributed by atoms with Crippen LogP contribution in [0, 0.1) is 13.8 Å². The molecular formula is C19H31IN6O2S. The van der Waals surface area contributed by atoms with Crippen LogP contribution in [0.15, 0.2) is 46.3 Å². The Hall–Kier alpha value is -1.66. The lowest BCUT2D eigenvalue weighted by molar-refractivity contribution is 0.566. The number of benzene rings is 1. The minimum atomic E-state index is -3.48. The number of hydrogen-bond donors (Lipinski definition) is 3. The first kappa shape index (κ1) is 25.4. The van der Waals surface area contributed by atoms with Crippen LogP contribution in [0.2, 0.25) is 0 Å². The minimum absolute atomic E-state index is 0. The number of rotatable bonds is 10. The van der Waals surface area contributed by atoms with E-state index in [2.05, 4.69) is 31.5 Å². The van der Waals surface area contributed by atoms with Crippen LogP contribution >= 0.6 is 24.0 Å². The summed E-state index contributed by atoms with van der Waals surface area (Å²) in [5.74, 6) is 0.676. The van der Waals surface area contributed by atoms with Crippen LogP contribution in [0.4, 0.5) is 0 Å². The molecule has 29 heavy (non-hydrogen) atoms. The fourth-order valence-electron chi connectivity index (χ4n) is 2.70. The van der Waals surface area contributed by atoms with Gasteiger partial charge in [-0.15, -0.1) is 24.0 Å². The maximum absolute atomic E-state index is 12.2. The highest BCUT2D eigenvalue weighted by Gasteiger charge is 2.12. The van der Waals surface area contributed by atoms with Crippen LogP contribution in [-0.2, 0) is 16.6 Å². The van der Waals surface area contributed by atoms with Gasteiger partial charge in [-0.05, 0) is 45.4 Å². The van der Waals surface area contributed by atoms with Gasteiger partial charge in [-0.1, -0.05) is 18.2 Å². The molecule has 10 heteroatoms. The van der Waals surface area contributed by atoms with Crippen molar-refractivity contribution in [3.8, 4) is 0 Å². The SMILES string of the molecule is CCNC(=NCCCn1nc(C)cc1C)NCCNS(=O)(=O)c1ccccc1.I. The number of sulfonamides is 1. The van der Waals surface area contributed by atoms with Gasteiger partial charge in [0.1, 0.15) is 0 Å². The van der Waals surface area contributed by atoms with Gasteiger partial charge in [0.25, 0.3) is 0 Å². The number of nitrogens with one attached hydrogen (secondary N) is 3. The van der Waals surface area contributed by atoms with Gasteiger partial charge < -0.3 is 10.6 Å². The van der Waals surface area contributed by atoms with Crippen molar-refractivity contribution in [2.75, 3.05) is 26.2 Å². The fourth-order valence-corrected chi connectivity index (χ4v) is 3.76. The topological polar surface area (TPSA) is 100 Å². The molecule has 8 nitrogen and oxygen atoms in total. The monoisotopic (exact) mass is 534 g/mol. The molecule has 0 atom stereocenters. The minimum Gasteiger partial charge on any atom is -0.357 e. The Morgan fingerprint density at radius 3 is 2.48 bits per heavy atom. The zero-order valence-corrected chi connectivity index (χ0v) is 20.3. The molecule has 0 spiro atoms. The van der Waals surface area contributed by atoms with Crippen molar-refractivity contribution in [2.45, 2.75) is 38.6 Å². The zero-order chi connectivity index (χ0) is 20.4. The van der Waals surface area contributed by atoms with Crippen LogP contribution < -0.4 is 15.4 Å².